The van der Waals surface area contributed by atoms with E-state index in [1.54, 1.807) is 11.7 Å². The van der Waals surface area contributed by atoms with Gasteiger partial charge in [-0.25, -0.2) is 0 Å². The largest absolute Gasteiger partial charge is 0.313 e. The third-order valence-corrected chi connectivity index (χ3v) is 3.82. The van der Waals surface area contributed by atoms with Gasteiger partial charge < -0.3 is 0 Å². The van der Waals surface area contributed by atoms with Crippen molar-refractivity contribution in [3.8, 4) is 0 Å². The van der Waals surface area contributed by atoms with E-state index in [4.69, 9.17) is 11.6 Å². The van der Waals surface area contributed by atoms with Crippen molar-refractivity contribution < 1.29 is 4.92 Å². The second-order valence-corrected chi connectivity index (χ2v) is 5.48. The van der Waals surface area contributed by atoms with Crippen LogP contribution in [-0.2, 0) is 19.9 Å². The lowest BCUT2D eigenvalue weighted by atomic mass is 10.1. The summed E-state index contributed by atoms with van der Waals surface area (Å²) in [4.78, 5) is 11.0. The Bertz CT molecular complexity index is 625. The molecule has 0 amide bonds. The maximum absolute atomic E-state index is 11.4. The Morgan fingerprint density at radius 3 is 2.62 bits per heavy atom. The summed E-state index contributed by atoms with van der Waals surface area (Å²) in [6.45, 7) is 1.98. The lowest BCUT2D eigenvalue weighted by Gasteiger charge is -2.09. The molecule has 2 aromatic rings. The fourth-order valence-electron chi connectivity index (χ4n) is 2.40. The molecular formula is C15H18ClN3O2. The molecule has 1 heterocycles. The smallest absolute Gasteiger partial charge is 0.265 e. The Morgan fingerprint density at radius 1 is 1.38 bits per heavy atom. The van der Waals surface area contributed by atoms with E-state index in [9.17, 15) is 10.1 Å². The van der Waals surface area contributed by atoms with Crippen LogP contribution in [0.3, 0.4) is 0 Å². The first kappa shape index (κ1) is 15.5. The number of nitrogens with zero attached hydrogens (tertiary/aromatic N) is 3. The van der Waals surface area contributed by atoms with E-state index in [1.807, 2.05) is 37.3 Å². The first-order chi connectivity index (χ1) is 10.0. The Kier molecular flexibility index (Phi) is 4.96. The highest BCUT2D eigenvalue weighted by Crippen LogP contribution is 2.31. The molecule has 1 unspecified atom stereocenters. The number of hydrogen-bond acceptors (Lipinski definition) is 3. The molecule has 0 aliphatic carbocycles. The molecule has 1 aromatic carbocycles. The third kappa shape index (κ3) is 3.42. The van der Waals surface area contributed by atoms with E-state index < -0.39 is 0 Å². The van der Waals surface area contributed by atoms with Crippen LogP contribution in [0.1, 0.15) is 35.7 Å². The molecule has 0 aliphatic heterocycles. The van der Waals surface area contributed by atoms with Gasteiger partial charge in [0.1, 0.15) is 11.4 Å². The maximum Gasteiger partial charge on any atom is 0.313 e. The summed E-state index contributed by atoms with van der Waals surface area (Å²) >= 11 is 6.41. The molecule has 5 nitrogen and oxygen atoms in total. The molecule has 0 spiro atoms. The molecule has 6 heteroatoms. The van der Waals surface area contributed by atoms with Crippen molar-refractivity contribution in [2.45, 2.75) is 31.6 Å². The summed E-state index contributed by atoms with van der Waals surface area (Å²) in [6.07, 6.45) is 1.80. The van der Waals surface area contributed by atoms with Crippen LogP contribution in [0.2, 0.25) is 0 Å². The highest BCUT2D eigenvalue weighted by molar-refractivity contribution is 6.20. The van der Waals surface area contributed by atoms with E-state index in [2.05, 4.69) is 5.10 Å². The molecule has 112 valence electrons. The van der Waals surface area contributed by atoms with Crippen LogP contribution in [0.25, 0.3) is 0 Å². The van der Waals surface area contributed by atoms with Crippen LogP contribution in [0.15, 0.2) is 30.3 Å². The molecule has 0 radical (unpaired) electrons. The van der Waals surface area contributed by atoms with E-state index in [-0.39, 0.29) is 16.0 Å². The lowest BCUT2D eigenvalue weighted by Crippen LogP contribution is -2.05. The van der Waals surface area contributed by atoms with Crippen LogP contribution < -0.4 is 0 Å². The average molecular weight is 308 g/mol. The van der Waals surface area contributed by atoms with Crippen molar-refractivity contribution >= 4 is 17.3 Å². The van der Waals surface area contributed by atoms with Crippen molar-refractivity contribution in [2.75, 3.05) is 0 Å². The molecule has 0 aliphatic rings. The van der Waals surface area contributed by atoms with E-state index >= 15 is 0 Å². The zero-order valence-electron chi connectivity index (χ0n) is 12.1. The van der Waals surface area contributed by atoms with Crippen LogP contribution in [0.4, 0.5) is 5.69 Å². The van der Waals surface area contributed by atoms with Gasteiger partial charge in [-0.05, 0) is 12.0 Å². The van der Waals surface area contributed by atoms with E-state index in [0.29, 0.717) is 24.2 Å². The fraction of sp³-hybridized carbons (Fsp3) is 0.400. The maximum atomic E-state index is 11.4. The number of benzene rings is 1. The highest BCUT2D eigenvalue weighted by atomic mass is 35.5. The number of aromatic nitrogens is 2. The molecule has 0 N–H and O–H groups in total. The summed E-state index contributed by atoms with van der Waals surface area (Å²) in [5, 5.41) is 15.3. The van der Waals surface area contributed by atoms with Gasteiger partial charge in [-0.2, -0.15) is 5.10 Å². The third-order valence-electron chi connectivity index (χ3n) is 3.41. The van der Waals surface area contributed by atoms with Gasteiger partial charge in [-0.1, -0.05) is 43.7 Å². The monoisotopic (exact) mass is 307 g/mol. The van der Waals surface area contributed by atoms with Gasteiger partial charge in [0.05, 0.1) is 10.3 Å². The Balaban J connectivity index is 2.33. The predicted octanol–water partition coefficient (Wildman–Crippen LogP) is 3.80. The van der Waals surface area contributed by atoms with Crippen molar-refractivity contribution in [1.82, 2.24) is 9.78 Å². The molecular weight excluding hydrogens is 290 g/mol. The number of halogens is 1. The normalized spacial score (nSPS) is 12.3. The SMILES string of the molecule is CCCc1nn(C)c(CC(Cl)c2ccccc2)c1[N+](=O)[O-]. The van der Waals surface area contributed by atoms with Crippen LogP contribution >= 0.6 is 11.6 Å². The van der Waals surface area contributed by atoms with Crippen LogP contribution in [0, 0.1) is 10.1 Å². The van der Waals surface area contributed by atoms with Gasteiger partial charge in [0.25, 0.3) is 0 Å². The minimum Gasteiger partial charge on any atom is -0.265 e. The van der Waals surface area contributed by atoms with Crippen molar-refractivity contribution in [3.63, 3.8) is 0 Å². The Labute approximate surface area is 128 Å². The molecule has 0 fully saturated rings. The van der Waals surface area contributed by atoms with Crippen molar-refractivity contribution in [1.29, 1.82) is 0 Å². The van der Waals surface area contributed by atoms with Gasteiger partial charge in [0, 0.05) is 13.5 Å². The Morgan fingerprint density at radius 2 is 2.05 bits per heavy atom. The highest BCUT2D eigenvalue weighted by Gasteiger charge is 2.27. The zero-order chi connectivity index (χ0) is 15.4. The molecule has 1 aromatic heterocycles. The van der Waals surface area contributed by atoms with Gasteiger partial charge in [-0.3, -0.25) is 14.8 Å². The first-order valence-corrected chi connectivity index (χ1v) is 7.36. The minimum atomic E-state index is -0.345. The predicted molar refractivity (Wildman–Crippen MR) is 82.6 cm³/mol. The first-order valence-electron chi connectivity index (χ1n) is 6.92. The molecule has 0 saturated carbocycles. The number of rotatable bonds is 6. The molecule has 1 atom stereocenters. The summed E-state index contributed by atoms with van der Waals surface area (Å²) in [6, 6.07) is 9.58. The van der Waals surface area contributed by atoms with Gasteiger partial charge >= 0.3 is 5.69 Å². The summed E-state index contributed by atoms with van der Waals surface area (Å²) in [5.74, 6) is 0. The molecule has 0 bridgehead atoms. The minimum absolute atomic E-state index is 0.112. The van der Waals surface area contributed by atoms with Crippen LogP contribution in [0.5, 0.6) is 0 Å². The summed E-state index contributed by atoms with van der Waals surface area (Å²) in [7, 11) is 1.73. The topological polar surface area (TPSA) is 61.0 Å². The average Bonchev–Trinajstić information content (AvgIpc) is 2.76. The molecule has 0 saturated heterocycles. The van der Waals surface area contributed by atoms with E-state index in [1.165, 1.54) is 0 Å². The second-order valence-electron chi connectivity index (χ2n) is 4.96. The zero-order valence-corrected chi connectivity index (χ0v) is 12.9. The number of nitro groups is 1. The van der Waals surface area contributed by atoms with Gasteiger partial charge in [0.15, 0.2) is 0 Å². The second kappa shape index (κ2) is 6.72. The van der Waals surface area contributed by atoms with Gasteiger partial charge in [0.2, 0.25) is 0 Å². The molecule has 21 heavy (non-hydrogen) atoms. The summed E-state index contributed by atoms with van der Waals surface area (Å²) in [5.41, 5.74) is 2.18. The standard InChI is InChI=1S/C15H18ClN3O2/c1-3-7-13-15(19(20)21)14(18(2)17-13)10-12(16)11-8-5-4-6-9-11/h4-6,8-9,12H,3,7,10H2,1-2H3. The van der Waals surface area contributed by atoms with Crippen molar-refractivity contribution in [2.24, 2.45) is 7.05 Å². The Hall–Kier alpha value is -1.88. The number of aryl methyl sites for hydroxylation is 2. The molecule has 2 rings (SSSR count). The lowest BCUT2D eigenvalue weighted by molar-refractivity contribution is -0.386. The van der Waals surface area contributed by atoms with Crippen LogP contribution in [-0.4, -0.2) is 14.7 Å². The van der Waals surface area contributed by atoms with Crippen molar-refractivity contribution in [3.05, 3.63) is 57.4 Å². The van der Waals surface area contributed by atoms with Gasteiger partial charge in [-0.15, -0.1) is 11.6 Å². The van der Waals surface area contributed by atoms with E-state index in [0.717, 1.165) is 12.0 Å². The fourth-order valence-corrected chi connectivity index (χ4v) is 2.69. The summed E-state index contributed by atoms with van der Waals surface area (Å²) < 4.78 is 1.58. The quantitative estimate of drug-likeness (QED) is 0.463. The number of alkyl halides is 1. The number of hydrogen-bond donors (Lipinski definition) is 0.